The van der Waals surface area contributed by atoms with Crippen LogP contribution in [0.15, 0.2) is 55.2 Å². The van der Waals surface area contributed by atoms with Crippen molar-refractivity contribution in [2.75, 3.05) is 5.32 Å². The minimum absolute atomic E-state index is 0.801. The largest absolute Gasteiger partial charge is 0.379 e. The Kier molecular flexibility index (Phi) is 3.02. The van der Waals surface area contributed by atoms with Gasteiger partial charge in [-0.2, -0.15) is 0 Å². The van der Waals surface area contributed by atoms with Crippen molar-refractivity contribution < 1.29 is 0 Å². The van der Waals surface area contributed by atoms with Crippen LogP contribution < -0.4 is 5.32 Å². The van der Waals surface area contributed by atoms with Gasteiger partial charge >= 0.3 is 0 Å². The van der Waals surface area contributed by atoms with Gasteiger partial charge in [-0.1, -0.05) is 6.07 Å². The average Bonchev–Trinajstić information content (AvgIpc) is 3.08. The first kappa shape index (κ1) is 11.5. The number of nitrogens with zero attached hydrogens (tertiary/aromatic N) is 4. The van der Waals surface area contributed by atoms with Crippen LogP contribution in [0.25, 0.3) is 5.69 Å². The van der Waals surface area contributed by atoms with E-state index in [0.717, 1.165) is 17.9 Å². The molecule has 0 atom stereocenters. The molecule has 5 heteroatoms. The van der Waals surface area contributed by atoms with Gasteiger partial charge in [-0.05, 0) is 30.3 Å². The zero-order chi connectivity index (χ0) is 13.1. The lowest BCUT2D eigenvalue weighted by Gasteiger charge is -2.09. The SMILES string of the molecule is Cn1cccc1CNc1cccc(-n2cnnc2)c1. The van der Waals surface area contributed by atoms with E-state index in [1.54, 1.807) is 12.7 Å². The van der Waals surface area contributed by atoms with Crippen molar-refractivity contribution >= 4 is 5.69 Å². The topological polar surface area (TPSA) is 47.7 Å². The molecular weight excluding hydrogens is 238 g/mol. The molecule has 1 aromatic carbocycles. The molecule has 5 nitrogen and oxygen atoms in total. The molecule has 0 aliphatic carbocycles. The third kappa shape index (κ3) is 2.49. The normalized spacial score (nSPS) is 10.6. The Morgan fingerprint density at radius 1 is 1.11 bits per heavy atom. The van der Waals surface area contributed by atoms with Crippen molar-refractivity contribution in [2.24, 2.45) is 7.05 Å². The van der Waals surface area contributed by atoms with Crippen LogP contribution in [0, 0.1) is 0 Å². The van der Waals surface area contributed by atoms with Crippen molar-refractivity contribution in [3.05, 3.63) is 60.9 Å². The van der Waals surface area contributed by atoms with E-state index in [9.17, 15) is 0 Å². The third-order valence-corrected chi connectivity index (χ3v) is 3.09. The molecule has 0 unspecified atom stereocenters. The molecule has 2 aromatic heterocycles. The van der Waals surface area contributed by atoms with Crippen LogP contribution in [0.2, 0.25) is 0 Å². The van der Waals surface area contributed by atoms with Crippen molar-refractivity contribution in [1.82, 2.24) is 19.3 Å². The van der Waals surface area contributed by atoms with Gasteiger partial charge in [0.2, 0.25) is 0 Å². The lowest BCUT2D eigenvalue weighted by atomic mass is 10.2. The fraction of sp³-hybridized carbons (Fsp3) is 0.143. The number of aryl methyl sites for hydroxylation is 1. The van der Waals surface area contributed by atoms with E-state index in [-0.39, 0.29) is 0 Å². The van der Waals surface area contributed by atoms with E-state index in [1.807, 2.05) is 36.0 Å². The monoisotopic (exact) mass is 253 g/mol. The summed E-state index contributed by atoms with van der Waals surface area (Å²) in [7, 11) is 2.05. The summed E-state index contributed by atoms with van der Waals surface area (Å²) in [5, 5.41) is 11.0. The first-order valence-electron chi connectivity index (χ1n) is 6.12. The predicted octanol–water partition coefficient (Wildman–Crippen LogP) is 2.22. The molecule has 0 spiro atoms. The number of hydrogen-bond donors (Lipinski definition) is 1. The van der Waals surface area contributed by atoms with Crippen molar-refractivity contribution in [1.29, 1.82) is 0 Å². The van der Waals surface area contributed by atoms with Crippen LogP contribution in [0.3, 0.4) is 0 Å². The summed E-state index contributed by atoms with van der Waals surface area (Å²) in [5.74, 6) is 0. The Hall–Kier alpha value is -2.56. The maximum Gasteiger partial charge on any atom is 0.123 e. The Morgan fingerprint density at radius 3 is 2.68 bits per heavy atom. The van der Waals surface area contributed by atoms with E-state index in [2.05, 4.69) is 38.3 Å². The van der Waals surface area contributed by atoms with Gasteiger partial charge in [0.1, 0.15) is 12.7 Å². The summed E-state index contributed by atoms with van der Waals surface area (Å²) in [6.45, 7) is 0.801. The second kappa shape index (κ2) is 4.97. The van der Waals surface area contributed by atoms with Gasteiger partial charge < -0.3 is 9.88 Å². The number of aromatic nitrogens is 4. The zero-order valence-corrected chi connectivity index (χ0v) is 10.7. The average molecular weight is 253 g/mol. The quantitative estimate of drug-likeness (QED) is 0.775. The van der Waals surface area contributed by atoms with E-state index in [1.165, 1.54) is 5.69 Å². The molecule has 0 bridgehead atoms. The number of hydrogen-bond acceptors (Lipinski definition) is 3. The first-order chi connectivity index (χ1) is 9.33. The van der Waals surface area contributed by atoms with Gasteiger partial charge in [0.15, 0.2) is 0 Å². The van der Waals surface area contributed by atoms with Gasteiger partial charge in [-0.3, -0.25) is 4.57 Å². The fourth-order valence-corrected chi connectivity index (χ4v) is 1.98. The molecule has 19 heavy (non-hydrogen) atoms. The molecule has 0 aliphatic rings. The highest BCUT2D eigenvalue weighted by molar-refractivity contribution is 5.51. The van der Waals surface area contributed by atoms with Gasteiger partial charge in [0.25, 0.3) is 0 Å². The molecule has 0 saturated heterocycles. The van der Waals surface area contributed by atoms with Crippen LogP contribution in [0.4, 0.5) is 5.69 Å². The predicted molar refractivity (Wildman–Crippen MR) is 74.1 cm³/mol. The minimum atomic E-state index is 0.801. The molecule has 0 amide bonds. The molecule has 3 rings (SSSR count). The molecule has 2 heterocycles. The number of anilines is 1. The molecule has 3 aromatic rings. The Bertz CT molecular complexity index is 654. The van der Waals surface area contributed by atoms with Crippen molar-refractivity contribution in [3.63, 3.8) is 0 Å². The highest BCUT2D eigenvalue weighted by Crippen LogP contribution is 2.15. The lowest BCUT2D eigenvalue weighted by molar-refractivity contribution is 0.842. The highest BCUT2D eigenvalue weighted by atomic mass is 15.2. The second-order valence-electron chi connectivity index (χ2n) is 4.38. The first-order valence-corrected chi connectivity index (χ1v) is 6.12. The van der Waals surface area contributed by atoms with Crippen LogP contribution in [0.1, 0.15) is 5.69 Å². The van der Waals surface area contributed by atoms with Crippen LogP contribution in [0.5, 0.6) is 0 Å². The number of benzene rings is 1. The fourth-order valence-electron chi connectivity index (χ4n) is 1.98. The number of rotatable bonds is 4. The Labute approximate surface area is 111 Å². The van der Waals surface area contributed by atoms with Gasteiger partial charge in [-0.25, -0.2) is 0 Å². The summed E-state index contributed by atoms with van der Waals surface area (Å²) in [6.07, 6.45) is 5.43. The van der Waals surface area contributed by atoms with Gasteiger partial charge in [0.05, 0.1) is 12.2 Å². The lowest BCUT2D eigenvalue weighted by Crippen LogP contribution is -2.04. The zero-order valence-electron chi connectivity index (χ0n) is 10.7. The highest BCUT2D eigenvalue weighted by Gasteiger charge is 2.00. The molecule has 0 aliphatic heterocycles. The summed E-state index contributed by atoms with van der Waals surface area (Å²) in [5.41, 5.74) is 3.36. The number of nitrogens with one attached hydrogen (secondary N) is 1. The van der Waals surface area contributed by atoms with E-state index in [4.69, 9.17) is 0 Å². The van der Waals surface area contributed by atoms with Crippen molar-refractivity contribution in [2.45, 2.75) is 6.54 Å². The molecule has 0 radical (unpaired) electrons. The molecule has 0 fully saturated rings. The smallest absolute Gasteiger partial charge is 0.123 e. The van der Waals surface area contributed by atoms with Gasteiger partial charge in [0, 0.05) is 24.6 Å². The van der Waals surface area contributed by atoms with Crippen LogP contribution >= 0.6 is 0 Å². The molecular formula is C14H15N5. The summed E-state index contributed by atoms with van der Waals surface area (Å²) in [4.78, 5) is 0. The Morgan fingerprint density at radius 2 is 1.95 bits per heavy atom. The summed E-state index contributed by atoms with van der Waals surface area (Å²) < 4.78 is 3.99. The van der Waals surface area contributed by atoms with Gasteiger partial charge in [-0.15, -0.1) is 10.2 Å². The van der Waals surface area contributed by atoms with E-state index in [0.29, 0.717) is 0 Å². The standard InChI is InChI=1S/C14H15N5/c1-18-7-3-6-14(18)9-15-12-4-2-5-13(8-12)19-10-16-17-11-19/h2-8,10-11,15H,9H2,1H3. The second-order valence-corrected chi connectivity index (χ2v) is 4.38. The van der Waals surface area contributed by atoms with E-state index < -0.39 is 0 Å². The van der Waals surface area contributed by atoms with E-state index >= 15 is 0 Å². The maximum atomic E-state index is 3.82. The molecule has 1 N–H and O–H groups in total. The summed E-state index contributed by atoms with van der Waals surface area (Å²) in [6, 6.07) is 12.3. The summed E-state index contributed by atoms with van der Waals surface area (Å²) >= 11 is 0. The van der Waals surface area contributed by atoms with Crippen molar-refractivity contribution in [3.8, 4) is 5.69 Å². The Balaban J connectivity index is 1.75. The van der Waals surface area contributed by atoms with Crippen LogP contribution in [-0.2, 0) is 13.6 Å². The minimum Gasteiger partial charge on any atom is -0.379 e. The molecule has 0 saturated carbocycles. The molecule has 96 valence electrons. The maximum absolute atomic E-state index is 3.82. The van der Waals surface area contributed by atoms with Crippen LogP contribution in [-0.4, -0.2) is 19.3 Å². The third-order valence-electron chi connectivity index (χ3n) is 3.09.